The van der Waals surface area contributed by atoms with Gasteiger partial charge in [0, 0.05) is 37.0 Å². The number of hydrogen-bond donors (Lipinski definition) is 1. The molecule has 1 amide bonds. The van der Waals surface area contributed by atoms with Crippen LogP contribution >= 0.6 is 0 Å². The number of benzene rings is 1. The summed E-state index contributed by atoms with van der Waals surface area (Å²) in [7, 11) is 0. The standard InChI is InChI=1S/C23H23N5O2/c1-2-17-5-7-18(8-6-17)21-14-20(16-26-27-21)23(29)25-15-19-4-3-9-24-22(19)28-10-12-30-13-11-28/h2-9,14,16H,1,10-13,15H2,(H,25,29). The van der Waals surface area contributed by atoms with Gasteiger partial charge in [-0.1, -0.05) is 43.0 Å². The van der Waals surface area contributed by atoms with Crippen LogP contribution in [0, 0.1) is 0 Å². The summed E-state index contributed by atoms with van der Waals surface area (Å²) < 4.78 is 5.42. The molecule has 1 aliphatic heterocycles. The lowest BCUT2D eigenvalue weighted by Gasteiger charge is -2.29. The maximum Gasteiger partial charge on any atom is 0.253 e. The van der Waals surface area contributed by atoms with Crippen LogP contribution in [-0.2, 0) is 11.3 Å². The number of carbonyl (C=O) groups excluding carboxylic acids is 1. The zero-order valence-corrected chi connectivity index (χ0v) is 16.6. The Kier molecular flexibility index (Phi) is 6.10. The second kappa shape index (κ2) is 9.28. The van der Waals surface area contributed by atoms with Gasteiger partial charge in [-0.2, -0.15) is 10.2 Å². The van der Waals surface area contributed by atoms with Crippen molar-refractivity contribution in [2.45, 2.75) is 6.54 Å². The van der Waals surface area contributed by atoms with Crippen molar-refractivity contribution in [1.29, 1.82) is 0 Å². The largest absolute Gasteiger partial charge is 0.378 e. The lowest BCUT2D eigenvalue weighted by atomic mass is 10.1. The van der Waals surface area contributed by atoms with Crippen LogP contribution in [0.1, 0.15) is 21.5 Å². The van der Waals surface area contributed by atoms with E-state index in [2.05, 4.69) is 32.0 Å². The smallest absolute Gasteiger partial charge is 0.253 e. The second-order valence-corrected chi connectivity index (χ2v) is 6.92. The lowest BCUT2D eigenvalue weighted by Crippen LogP contribution is -2.37. The molecule has 4 rings (SSSR count). The van der Waals surface area contributed by atoms with Gasteiger partial charge in [0.1, 0.15) is 5.82 Å². The van der Waals surface area contributed by atoms with E-state index in [1.54, 1.807) is 18.3 Å². The molecule has 3 aromatic rings. The third-order valence-electron chi connectivity index (χ3n) is 4.98. The highest BCUT2D eigenvalue weighted by Gasteiger charge is 2.16. The molecule has 1 N–H and O–H groups in total. The van der Waals surface area contributed by atoms with Crippen molar-refractivity contribution in [3.05, 3.63) is 78.1 Å². The van der Waals surface area contributed by atoms with Crippen LogP contribution in [0.2, 0.25) is 0 Å². The fourth-order valence-corrected chi connectivity index (χ4v) is 3.33. The number of anilines is 1. The molecule has 0 atom stereocenters. The van der Waals surface area contributed by atoms with Crippen molar-refractivity contribution in [2.75, 3.05) is 31.2 Å². The van der Waals surface area contributed by atoms with Gasteiger partial charge < -0.3 is 15.0 Å². The molecule has 3 heterocycles. The molecule has 1 fully saturated rings. The summed E-state index contributed by atoms with van der Waals surface area (Å²) in [6.07, 6.45) is 5.03. The SMILES string of the molecule is C=Cc1ccc(-c2cc(C(=O)NCc3cccnc3N3CCOCC3)cnn2)cc1. The molecular formula is C23H23N5O2. The average molecular weight is 401 g/mol. The molecule has 2 aromatic heterocycles. The Morgan fingerprint density at radius 3 is 2.77 bits per heavy atom. The highest BCUT2D eigenvalue weighted by Crippen LogP contribution is 2.20. The van der Waals surface area contributed by atoms with Crippen LogP contribution in [-0.4, -0.2) is 47.4 Å². The third kappa shape index (κ3) is 4.52. The minimum absolute atomic E-state index is 0.203. The fourth-order valence-electron chi connectivity index (χ4n) is 3.33. The van der Waals surface area contributed by atoms with E-state index in [-0.39, 0.29) is 5.91 Å². The number of aromatic nitrogens is 3. The molecule has 0 bridgehead atoms. The molecule has 0 spiro atoms. The van der Waals surface area contributed by atoms with E-state index in [0.29, 0.717) is 31.0 Å². The van der Waals surface area contributed by atoms with Gasteiger partial charge in [0.15, 0.2) is 0 Å². The molecule has 0 aliphatic carbocycles. The quantitative estimate of drug-likeness (QED) is 0.684. The minimum atomic E-state index is -0.203. The van der Waals surface area contributed by atoms with Crippen molar-refractivity contribution in [2.24, 2.45) is 0 Å². The Morgan fingerprint density at radius 1 is 1.20 bits per heavy atom. The van der Waals surface area contributed by atoms with Crippen LogP contribution in [0.5, 0.6) is 0 Å². The number of hydrogen-bond acceptors (Lipinski definition) is 6. The van der Waals surface area contributed by atoms with E-state index in [9.17, 15) is 4.79 Å². The molecule has 30 heavy (non-hydrogen) atoms. The highest BCUT2D eigenvalue weighted by atomic mass is 16.5. The number of nitrogens with one attached hydrogen (secondary N) is 1. The van der Waals surface area contributed by atoms with E-state index >= 15 is 0 Å². The maximum absolute atomic E-state index is 12.7. The predicted molar refractivity (Wildman–Crippen MR) is 116 cm³/mol. The van der Waals surface area contributed by atoms with Gasteiger partial charge in [0.2, 0.25) is 0 Å². The molecule has 7 nitrogen and oxygen atoms in total. The van der Waals surface area contributed by atoms with Crippen LogP contribution in [0.25, 0.3) is 17.3 Å². The van der Waals surface area contributed by atoms with Crippen molar-refractivity contribution < 1.29 is 9.53 Å². The number of rotatable bonds is 6. The van der Waals surface area contributed by atoms with Crippen molar-refractivity contribution in [3.8, 4) is 11.3 Å². The molecule has 7 heteroatoms. The maximum atomic E-state index is 12.7. The summed E-state index contributed by atoms with van der Waals surface area (Å²) >= 11 is 0. The first-order valence-electron chi connectivity index (χ1n) is 9.85. The number of ether oxygens (including phenoxy) is 1. The number of amides is 1. The van der Waals surface area contributed by atoms with E-state index in [4.69, 9.17) is 4.74 Å². The van der Waals surface area contributed by atoms with Gasteiger partial charge in [0.05, 0.1) is 30.7 Å². The zero-order valence-electron chi connectivity index (χ0n) is 16.6. The molecular weight excluding hydrogens is 378 g/mol. The number of carbonyl (C=O) groups is 1. The lowest BCUT2D eigenvalue weighted by molar-refractivity contribution is 0.0950. The summed E-state index contributed by atoms with van der Waals surface area (Å²) in [6, 6.07) is 13.4. The molecule has 152 valence electrons. The van der Waals surface area contributed by atoms with Crippen LogP contribution in [0.3, 0.4) is 0 Å². The molecule has 0 saturated carbocycles. The Labute approximate surface area is 175 Å². The first-order chi connectivity index (χ1) is 14.7. The Hall–Kier alpha value is -3.58. The zero-order chi connectivity index (χ0) is 20.8. The normalized spacial score (nSPS) is 13.7. The molecule has 0 radical (unpaired) electrons. The van der Waals surface area contributed by atoms with Gasteiger partial charge in [-0.25, -0.2) is 4.98 Å². The first kappa shape index (κ1) is 19.7. The van der Waals surface area contributed by atoms with Gasteiger partial charge >= 0.3 is 0 Å². The third-order valence-corrected chi connectivity index (χ3v) is 4.98. The van der Waals surface area contributed by atoms with Crippen molar-refractivity contribution in [3.63, 3.8) is 0 Å². The summed E-state index contributed by atoms with van der Waals surface area (Å²) in [4.78, 5) is 19.4. The topological polar surface area (TPSA) is 80.2 Å². The van der Waals surface area contributed by atoms with Crippen LogP contribution in [0.15, 0.2) is 61.4 Å². The van der Waals surface area contributed by atoms with Crippen molar-refractivity contribution in [1.82, 2.24) is 20.5 Å². The second-order valence-electron chi connectivity index (χ2n) is 6.92. The van der Waals surface area contributed by atoms with Crippen molar-refractivity contribution >= 4 is 17.8 Å². The fraction of sp³-hybridized carbons (Fsp3) is 0.217. The summed E-state index contributed by atoms with van der Waals surface area (Å²) in [5.74, 6) is 0.683. The summed E-state index contributed by atoms with van der Waals surface area (Å²) in [6.45, 7) is 7.09. The molecule has 0 unspecified atom stereocenters. The van der Waals surface area contributed by atoms with E-state index in [0.717, 1.165) is 35.6 Å². The number of morpholine rings is 1. The van der Waals surface area contributed by atoms with Gasteiger partial charge in [-0.15, -0.1) is 0 Å². The average Bonchev–Trinajstić information content (AvgIpc) is 2.83. The Balaban J connectivity index is 1.46. The summed E-state index contributed by atoms with van der Waals surface area (Å²) in [5, 5.41) is 11.1. The highest BCUT2D eigenvalue weighted by molar-refractivity contribution is 5.94. The van der Waals surface area contributed by atoms with E-state index in [1.165, 1.54) is 6.20 Å². The van der Waals surface area contributed by atoms with Crippen LogP contribution in [0.4, 0.5) is 5.82 Å². The van der Waals surface area contributed by atoms with Gasteiger partial charge in [-0.05, 0) is 17.7 Å². The number of pyridine rings is 1. The van der Waals surface area contributed by atoms with Gasteiger partial charge in [0.25, 0.3) is 5.91 Å². The predicted octanol–water partition coefficient (Wildman–Crippen LogP) is 2.95. The monoisotopic (exact) mass is 401 g/mol. The van der Waals surface area contributed by atoms with Crippen LogP contribution < -0.4 is 10.2 Å². The molecule has 1 aromatic carbocycles. The molecule has 1 saturated heterocycles. The molecule has 1 aliphatic rings. The van der Waals surface area contributed by atoms with E-state index < -0.39 is 0 Å². The van der Waals surface area contributed by atoms with E-state index in [1.807, 2.05) is 36.4 Å². The van der Waals surface area contributed by atoms with Gasteiger partial charge in [-0.3, -0.25) is 4.79 Å². The first-order valence-corrected chi connectivity index (χ1v) is 9.85. The Bertz CT molecular complexity index is 1030. The minimum Gasteiger partial charge on any atom is -0.378 e. The Morgan fingerprint density at radius 2 is 2.00 bits per heavy atom. The number of nitrogens with zero attached hydrogens (tertiary/aromatic N) is 4. The summed E-state index contributed by atoms with van der Waals surface area (Å²) in [5.41, 5.74) is 3.99.